The number of carbonyl (C=O) groups excluding carboxylic acids is 1. The van der Waals surface area contributed by atoms with Crippen LogP contribution in [0.3, 0.4) is 0 Å². The molecule has 0 unspecified atom stereocenters. The number of hydrogen-bond donors (Lipinski definition) is 2. The molecule has 4 nitrogen and oxygen atoms in total. The first kappa shape index (κ1) is 14.1. The summed E-state index contributed by atoms with van der Waals surface area (Å²) in [6.45, 7) is 0. The molecule has 104 valence electrons. The van der Waals surface area contributed by atoms with Gasteiger partial charge >= 0.3 is 0 Å². The third-order valence-corrected chi connectivity index (χ3v) is 3.28. The molecule has 0 atom stereocenters. The van der Waals surface area contributed by atoms with Crippen LogP contribution in [0.1, 0.15) is 25.7 Å². The first-order valence-electron chi connectivity index (χ1n) is 6.62. The number of anilines is 1. The van der Waals surface area contributed by atoms with Gasteiger partial charge in [-0.15, -0.1) is 0 Å². The molecule has 1 aromatic rings. The number of nitrogens with one attached hydrogen (secondary N) is 2. The Hall–Kier alpha value is -2.35. The van der Waals surface area contributed by atoms with Gasteiger partial charge in [0.15, 0.2) is 0 Å². The smallest absolute Gasteiger partial charge is 0.263 e. The second-order valence-corrected chi connectivity index (χ2v) is 4.78. The molecule has 2 N–H and O–H groups in total. The Morgan fingerprint density at radius 2 is 1.95 bits per heavy atom. The van der Waals surface area contributed by atoms with Crippen LogP contribution < -0.4 is 10.6 Å². The van der Waals surface area contributed by atoms with Gasteiger partial charge in [-0.05, 0) is 37.1 Å². The molecular formula is C15H16FN3O. The van der Waals surface area contributed by atoms with E-state index in [4.69, 9.17) is 5.26 Å². The summed E-state index contributed by atoms with van der Waals surface area (Å²) in [5.41, 5.74) is 0.633. The van der Waals surface area contributed by atoms with Crippen molar-refractivity contribution in [1.82, 2.24) is 5.32 Å². The molecule has 2 rings (SSSR count). The van der Waals surface area contributed by atoms with E-state index < -0.39 is 0 Å². The molecule has 1 aromatic carbocycles. The molecule has 0 aliphatic heterocycles. The predicted molar refractivity (Wildman–Crippen MR) is 74.1 cm³/mol. The monoisotopic (exact) mass is 273 g/mol. The minimum Gasteiger partial charge on any atom is -0.360 e. The van der Waals surface area contributed by atoms with Gasteiger partial charge in [0.2, 0.25) is 0 Å². The van der Waals surface area contributed by atoms with E-state index in [1.54, 1.807) is 0 Å². The van der Waals surface area contributed by atoms with Crippen LogP contribution in [-0.2, 0) is 4.79 Å². The number of rotatable bonds is 4. The van der Waals surface area contributed by atoms with Gasteiger partial charge in [-0.1, -0.05) is 12.8 Å². The van der Waals surface area contributed by atoms with Gasteiger partial charge in [-0.3, -0.25) is 4.79 Å². The third-order valence-electron chi connectivity index (χ3n) is 3.28. The van der Waals surface area contributed by atoms with Crippen molar-refractivity contribution in [3.05, 3.63) is 41.9 Å². The summed E-state index contributed by atoms with van der Waals surface area (Å²) in [7, 11) is 0. The molecule has 1 aliphatic carbocycles. The predicted octanol–water partition coefficient (Wildman–Crippen LogP) is 2.70. The SMILES string of the molecule is N#C/C(=C/Nc1ccc(F)cc1)C(=O)NC1CCCC1. The summed E-state index contributed by atoms with van der Waals surface area (Å²) >= 11 is 0. The van der Waals surface area contributed by atoms with Crippen molar-refractivity contribution in [3.63, 3.8) is 0 Å². The summed E-state index contributed by atoms with van der Waals surface area (Å²) in [5, 5.41) is 14.7. The molecule has 0 aromatic heterocycles. The number of hydrogen-bond acceptors (Lipinski definition) is 3. The van der Waals surface area contributed by atoms with E-state index in [9.17, 15) is 9.18 Å². The molecule has 0 heterocycles. The van der Waals surface area contributed by atoms with Crippen LogP contribution in [0.25, 0.3) is 0 Å². The highest BCUT2D eigenvalue weighted by molar-refractivity contribution is 5.97. The van der Waals surface area contributed by atoms with Gasteiger partial charge in [-0.25, -0.2) is 4.39 Å². The number of amides is 1. The molecular weight excluding hydrogens is 257 g/mol. The lowest BCUT2D eigenvalue weighted by Gasteiger charge is -2.11. The quantitative estimate of drug-likeness (QED) is 0.655. The summed E-state index contributed by atoms with van der Waals surface area (Å²) in [5.74, 6) is -0.701. The first-order valence-corrected chi connectivity index (χ1v) is 6.62. The van der Waals surface area contributed by atoms with E-state index in [1.807, 2.05) is 6.07 Å². The fraction of sp³-hybridized carbons (Fsp3) is 0.333. The van der Waals surface area contributed by atoms with Crippen molar-refractivity contribution in [2.24, 2.45) is 0 Å². The van der Waals surface area contributed by atoms with Crippen LogP contribution in [0.4, 0.5) is 10.1 Å². The highest BCUT2D eigenvalue weighted by Gasteiger charge is 2.19. The van der Waals surface area contributed by atoms with Crippen LogP contribution in [0.2, 0.25) is 0 Å². The van der Waals surface area contributed by atoms with Crippen molar-refractivity contribution in [3.8, 4) is 6.07 Å². The Kier molecular flexibility index (Phi) is 4.72. The van der Waals surface area contributed by atoms with Crippen molar-refractivity contribution >= 4 is 11.6 Å². The zero-order valence-electron chi connectivity index (χ0n) is 11.0. The third kappa shape index (κ3) is 3.82. The standard InChI is InChI=1S/C15H16FN3O/c16-12-5-7-13(8-6-12)18-10-11(9-17)15(20)19-14-3-1-2-4-14/h5-8,10,14,18H,1-4H2,(H,19,20)/b11-10-. The maximum absolute atomic E-state index is 12.7. The fourth-order valence-corrected chi connectivity index (χ4v) is 2.18. The number of halogens is 1. The lowest BCUT2D eigenvalue weighted by atomic mass is 10.2. The van der Waals surface area contributed by atoms with Crippen molar-refractivity contribution in [2.75, 3.05) is 5.32 Å². The number of nitriles is 1. The lowest BCUT2D eigenvalue weighted by molar-refractivity contribution is -0.117. The van der Waals surface area contributed by atoms with E-state index in [-0.39, 0.29) is 23.3 Å². The normalized spacial score (nSPS) is 15.7. The van der Waals surface area contributed by atoms with Gasteiger partial charge in [0.1, 0.15) is 17.5 Å². The van der Waals surface area contributed by atoms with Gasteiger partial charge in [0.25, 0.3) is 5.91 Å². The highest BCUT2D eigenvalue weighted by atomic mass is 19.1. The van der Waals surface area contributed by atoms with E-state index in [0.717, 1.165) is 25.7 Å². The molecule has 1 saturated carbocycles. The number of benzene rings is 1. The van der Waals surface area contributed by atoms with E-state index >= 15 is 0 Å². The zero-order chi connectivity index (χ0) is 14.4. The van der Waals surface area contributed by atoms with Crippen LogP contribution >= 0.6 is 0 Å². The van der Waals surface area contributed by atoms with Crippen molar-refractivity contribution in [2.45, 2.75) is 31.7 Å². The summed E-state index contributed by atoms with van der Waals surface area (Å²) in [6.07, 6.45) is 5.51. The van der Waals surface area contributed by atoms with Crippen LogP contribution in [0, 0.1) is 17.1 Å². The van der Waals surface area contributed by atoms with Gasteiger partial charge in [-0.2, -0.15) is 5.26 Å². The second-order valence-electron chi connectivity index (χ2n) is 4.78. The molecule has 0 saturated heterocycles. The summed E-state index contributed by atoms with van der Waals surface area (Å²) < 4.78 is 12.7. The van der Waals surface area contributed by atoms with Crippen molar-refractivity contribution in [1.29, 1.82) is 5.26 Å². The molecule has 0 radical (unpaired) electrons. The van der Waals surface area contributed by atoms with Gasteiger partial charge in [0, 0.05) is 17.9 Å². The maximum Gasteiger partial charge on any atom is 0.263 e. The fourth-order valence-electron chi connectivity index (χ4n) is 2.18. The Morgan fingerprint density at radius 1 is 1.30 bits per heavy atom. The summed E-state index contributed by atoms with van der Waals surface area (Å²) in [4.78, 5) is 11.9. The minimum atomic E-state index is -0.367. The highest BCUT2D eigenvalue weighted by Crippen LogP contribution is 2.18. The Labute approximate surface area is 117 Å². The minimum absolute atomic E-state index is 0.0150. The number of nitrogens with zero attached hydrogens (tertiary/aromatic N) is 1. The lowest BCUT2D eigenvalue weighted by Crippen LogP contribution is -2.33. The molecule has 0 bridgehead atoms. The topological polar surface area (TPSA) is 64.9 Å². The zero-order valence-corrected chi connectivity index (χ0v) is 11.0. The molecule has 20 heavy (non-hydrogen) atoms. The Balaban J connectivity index is 1.96. The van der Waals surface area contributed by atoms with Crippen LogP contribution in [0.15, 0.2) is 36.0 Å². The number of carbonyl (C=O) groups is 1. The first-order chi connectivity index (χ1) is 9.69. The average molecular weight is 273 g/mol. The van der Waals surface area contributed by atoms with Crippen LogP contribution in [-0.4, -0.2) is 11.9 Å². The largest absolute Gasteiger partial charge is 0.360 e. The van der Waals surface area contributed by atoms with E-state index in [0.29, 0.717) is 5.69 Å². The molecule has 1 aliphatic rings. The van der Waals surface area contributed by atoms with E-state index in [1.165, 1.54) is 30.5 Å². The Morgan fingerprint density at radius 3 is 2.55 bits per heavy atom. The van der Waals surface area contributed by atoms with E-state index in [2.05, 4.69) is 10.6 Å². The average Bonchev–Trinajstić information content (AvgIpc) is 2.94. The second kappa shape index (κ2) is 6.71. The van der Waals surface area contributed by atoms with Gasteiger partial charge < -0.3 is 10.6 Å². The van der Waals surface area contributed by atoms with Crippen LogP contribution in [0.5, 0.6) is 0 Å². The Bertz CT molecular complexity index is 539. The van der Waals surface area contributed by atoms with Gasteiger partial charge in [0.05, 0.1) is 0 Å². The molecule has 0 spiro atoms. The maximum atomic E-state index is 12.7. The summed E-state index contributed by atoms with van der Waals surface area (Å²) in [6, 6.07) is 7.73. The molecule has 1 fully saturated rings. The molecule has 1 amide bonds. The van der Waals surface area contributed by atoms with Crippen molar-refractivity contribution < 1.29 is 9.18 Å². The molecule has 5 heteroatoms.